The van der Waals surface area contributed by atoms with Gasteiger partial charge in [-0.2, -0.15) is 5.10 Å². The zero-order valence-electron chi connectivity index (χ0n) is 18.3. The topological polar surface area (TPSA) is 80.1 Å². The molecule has 0 bridgehead atoms. The molecule has 0 saturated carbocycles. The van der Waals surface area contributed by atoms with E-state index in [4.69, 9.17) is 16.7 Å². The van der Waals surface area contributed by atoms with Crippen molar-refractivity contribution in [3.8, 4) is 0 Å². The first-order chi connectivity index (χ1) is 15.5. The highest BCUT2D eigenvalue weighted by Gasteiger charge is 2.26. The minimum atomic E-state index is -0.0895. The smallest absolute Gasteiger partial charge is 0.274 e. The van der Waals surface area contributed by atoms with Crippen molar-refractivity contribution >= 4 is 28.3 Å². The number of carbonyl (C=O) groups is 1. The van der Waals surface area contributed by atoms with Crippen molar-refractivity contribution in [3.63, 3.8) is 0 Å². The largest absolute Gasteiger partial charge is 0.355 e. The maximum Gasteiger partial charge on any atom is 0.274 e. The van der Waals surface area contributed by atoms with Crippen LogP contribution in [0.1, 0.15) is 37.4 Å². The van der Waals surface area contributed by atoms with Gasteiger partial charge in [-0.25, -0.2) is 4.68 Å². The van der Waals surface area contributed by atoms with E-state index in [1.807, 2.05) is 31.2 Å². The van der Waals surface area contributed by atoms with Crippen molar-refractivity contribution in [2.45, 2.75) is 45.2 Å². The number of hydrogen-bond acceptors (Lipinski definition) is 5. The molecule has 7 nitrogen and oxygen atoms in total. The summed E-state index contributed by atoms with van der Waals surface area (Å²) >= 11 is 6.03. The van der Waals surface area contributed by atoms with Gasteiger partial charge in [-0.3, -0.25) is 19.5 Å². The average molecular weight is 454 g/mol. The van der Waals surface area contributed by atoms with E-state index in [1.54, 1.807) is 23.1 Å². The van der Waals surface area contributed by atoms with Crippen LogP contribution in [0.15, 0.2) is 47.5 Å². The van der Waals surface area contributed by atoms with Gasteiger partial charge in [-0.05, 0) is 43.1 Å². The SMILES string of the molecule is CCC(=O)NCCN1CCCC1Cn1nc(Cc2ccc(Cl)cc2)c2cnccc2c1=O. The highest BCUT2D eigenvalue weighted by Crippen LogP contribution is 2.20. The number of amides is 1. The first kappa shape index (κ1) is 22.4. The van der Waals surface area contributed by atoms with Crippen LogP contribution in [0.5, 0.6) is 0 Å². The summed E-state index contributed by atoms with van der Waals surface area (Å²) in [6.45, 7) is 4.75. The Hall–Kier alpha value is -2.77. The number of likely N-dealkylation sites (tertiary alicyclic amines) is 1. The second-order valence-electron chi connectivity index (χ2n) is 8.19. The van der Waals surface area contributed by atoms with Crippen molar-refractivity contribution in [1.29, 1.82) is 0 Å². The molecule has 1 saturated heterocycles. The number of fused-ring (bicyclic) bond motifs is 1. The summed E-state index contributed by atoms with van der Waals surface area (Å²) in [5.41, 5.74) is 1.81. The standard InChI is InChI=1S/C24H28ClN5O2/c1-2-23(31)27-11-13-29-12-3-4-19(29)16-30-24(32)20-9-10-26-15-21(20)22(28-30)14-17-5-7-18(25)8-6-17/h5-10,15,19H,2-4,11-14,16H2,1H3,(H,27,31). The summed E-state index contributed by atoms with van der Waals surface area (Å²) in [6.07, 6.45) is 6.55. The van der Waals surface area contributed by atoms with Crippen LogP contribution in [0.2, 0.25) is 5.02 Å². The molecule has 0 radical (unpaired) electrons. The molecule has 3 heterocycles. The molecule has 1 aliphatic rings. The third kappa shape index (κ3) is 5.16. The van der Waals surface area contributed by atoms with Gasteiger partial charge in [0.05, 0.1) is 17.6 Å². The van der Waals surface area contributed by atoms with E-state index in [0.717, 1.165) is 42.6 Å². The van der Waals surface area contributed by atoms with E-state index in [2.05, 4.69) is 15.2 Å². The Kier molecular flexibility index (Phi) is 7.17. The van der Waals surface area contributed by atoms with Gasteiger partial charge >= 0.3 is 0 Å². The van der Waals surface area contributed by atoms with E-state index in [9.17, 15) is 9.59 Å². The minimum Gasteiger partial charge on any atom is -0.355 e. The lowest BCUT2D eigenvalue weighted by molar-refractivity contribution is -0.120. The zero-order chi connectivity index (χ0) is 22.5. The normalized spacial score (nSPS) is 16.5. The lowest BCUT2D eigenvalue weighted by Crippen LogP contribution is -2.41. The van der Waals surface area contributed by atoms with Crippen LogP contribution in [-0.4, -0.2) is 51.2 Å². The van der Waals surface area contributed by atoms with E-state index < -0.39 is 0 Å². The van der Waals surface area contributed by atoms with Gasteiger partial charge in [-0.15, -0.1) is 0 Å². The second kappa shape index (κ2) is 10.2. The van der Waals surface area contributed by atoms with Crippen LogP contribution in [-0.2, 0) is 17.8 Å². The molecule has 3 aromatic rings. The molecule has 1 N–H and O–H groups in total. The second-order valence-corrected chi connectivity index (χ2v) is 8.63. The first-order valence-electron chi connectivity index (χ1n) is 11.1. The van der Waals surface area contributed by atoms with Crippen LogP contribution in [0, 0.1) is 0 Å². The summed E-state index contributed by atoms with van der Waals surface area (Å²) in [4.78, 5) is 31.3. The van der Waals surface area contributed by atoms with Crippen molar-refractivity contribution < 1.29 is 4.79 Å². The average Bonchev–Trinajstić information content (AvgIpc) is 3.25. The Labute approximate surface area is 192 Å². The predicted molar refractivity (Wildman–Crippen MR) is 126 cm³/mol. The third-order valence-electron chi connectivity index (χ3n) is 6.05. The molecule has 8 heteroatoms. The Morgan fingerprint density at radius 2 is 2.03 bits per heavy atom. The lowest BCUT2D eigenvalue weighted by Gasteiger charge is -2.25. The summed E-state index contributed by atoms with van der Waals surface area (Å²) in [6, 6.07) is 9.67. The lowest BCUT2D eigenvalue weighted by atomic mass is 10.1. The van der Waals surface area contributed by atoms with Crippen molar-refractivity contribution in [1.82, 2.24) is 25.0 Å². The fourth-order valence-electron chi connectivity index (χ4n) is 4.30. The number of carbonyl (C=O) groups excluding carboxylic acids is 1. The Bertz CT molecular complexity index is 1150. The molecule has 1 aliphatic heterocycles. The fraction of sp³-hybridized carbons (Fsp3) is 0.417. The molecule has 1 atom stereocenters. The maximum atomic E-state index is 13.2. The molecule has 2 aromatic heterocycles. The van der Waals surface area contributed by atoms with Crippen LogP contribution >= 0.6 is 11.6 Å². The quantitative estimate of drug-likeness (QED) is 0.567. The highest BCUT2D eigenvalue weighted by molar-refractivity contribution is 6.30. The number of hydrogen-bond donors (Lipinski definition) is 1. The van der Waals surface area contributed by atoms with Crippen LogP contribution in [0.3, 0.4) is 0 Å². The third-order valence-corrected chi connectivity index (χ3v) is 6.30. The zero-order valence-corrected chi connectivity index (χ0v) is 19.0. The molecule has 0 spiro atoms. The Balaban J connectivity index is 1.58. The number of rotatable bonds is 8. The molecule has 0 aliphatic carbocycles. The molecule has 1 unspecified atom stereocenters. The Morgan fingerprint density at radius 3 is 2.81 bits per heavy atom. The summed E-state index contributed by atoms with van der Waals surface area (Å²) < 4.78 is 1.61. The van der Waals surface area contributed by atoms with Crippen molar-refractivity contribution in [2.24, 2.45) is 0 Å². The van der Waals surface area contributed by atoms with Gasteiger partial charge in [-0.1, -0.05) is 30.7 Å². The molecule has 1 aromatic carbocycles. The molecule has 4 rings (SSSR count). The number of nitrogens with one attached hydrogen (secondary N) is 1. The monoisotopic (exact) mass is 453 g/mol. The van der Waals surface area contributed by atoms with Gasteiger partial charge in [0.1, 0.15) is 0 Å². The summed E-state index contributed by atoms with van der Waals surface area (Å²) in [5.74, 6) is 0.0635. The molecular weight excluding hydrogens is 426 g/mol. The van der Waals surface area contributed by atoms with Gasteiger partial charge in [0.2, 0.25) is 5.91 Å². The number of aromatic nitrogens is 3. The number of benzene rings is 1. The van der Waals surface area contributed by atoms with Gasteiger partial charge in [0.15, 0.2) is 0 Å². The molecular formula is C24H28ClN5O2. The van der Waals surface area contributed by atoms with Gasteiger partial charge in [0, 0.05) is 54.8 Å². The minimum absolute atomic E-state index is 0.0635. The number of nitrogens with zero attached hydrogens (tertiary/aromatic N) is 4. The summed E-state index contributed by atoms with van der Waals surface area (Å²) in [7, 11) is 0. The van der Waals surface area contributed by atoms with E-state index in [1.165, 1.54) is 0 Å². The number of halogens is 1. The van der Waals surface area contributed by atoms with Crippen LogP contribution < -0.4 is 10.9 Å². The van der Waals surface area contributed by atoms with E-state index in [-0.39, 0.29) is 17.5 Å². The van der Waals surface area contributed by atoms with E-state index >= 15 is 0 Å². The molecule has 32 heavy (non-hydrogen) atoms. The molecule has 1 fully saturated rings. The molecule has 1 amide bonds. The van der Waals surface area contributed by atoms with Crippen LogP contribution in [0.25, 0.3) is 10.8 Å². The highest BCUT2D eigenvalue weighted by atomic mass is 35.5. The van der Waals surface area contributed by atoms with Crippen molar-refractivity contribution in [3.05, 3.63) is 69.4 Å². The Morgan fingerprint density at radius 1 is 1.22 bits per heavy atom. The van der Waals surface area contributed by atoms with E-state index in [0.29, 0.717) is 36.3 Å². The van der Waals surface area contributed by atoms with Gasteiger partial charge in [0.25, 0.3) is 5.56 Å². The van der Waals surface area contributed by atoms with Crippen LogP contribution in [0.4, 0.5) is 0 Å². The fourth-order valence-corrected chi connectivity index (χ4v) is 4.43. The number of pyridine rings is 1. The van der Waals surface area contributed by atoms with Gasteiger partial charge < -0.3 is 5.32 Å². The van der Waals surface area contributed by atoms with Crippen molar-refractivity contribution in [2.75, 3.05) is 19.6 Å². The maximum absolute atomic E-state index is 13.2. The predicted octanol–water partition coefficient (Wildman–Crippen LogP) is 3.03. The summed E-state index contributed by atoms with van der Waals surface area (Å²) in [5, 5.41) is 9.82. The first-order valence-corrected chi connectivity index (χ1v) is 11.5. The molecule has 168 valence electrons.